The average molecular weight is 527 g/mol. The van der Waals surface area contributed by atoms with Crippen molar-refractivity contribution in [2.45, 2.75) is 39.3 Å². The number of halogens is 2. The number of aliphatic imine (C=N–C) groups is 1. The summed E-state index contributed by atoms with van der Waals surface area (Å²) in [5.41, 5.74) is 1.88. The molecule has 6 nitrogen and oxygen atoms in total. The maximum atomic E-state index is 14.0. The maximum Gasteiger partial charge on any atom is 0.191 e. The Labute approximate surface area is 195 Å². The smallest absolute Gasteiger partial charge is 0.191 e. The number of anilines is 1. The fourth-order valence-corrected chi connectivity index (χ4v) is 3.46. The average Bonchev–Trinajstić information content (AvgIpc) is 2.73. The minimum absolute atomic E-state index is 0. The third-order valence-corrected chi connectivity index (χ3v) is 5.01. The van der Waals surface area contributed by atoms with Crippen molar-refractivity contribution in [2.75, 3.05) is 31.6 Å². The molecule has 164 valence electrons. The molecule has 2 aromatic rings. The molecule has 0 atom stereocenters. The molecule has 0 saturated carbocycles. The van der Waals surface area contributed by atoms with E-state index < -0.39 is 0 Å². The second kappa shape index (κ2) is 11.9. The quantitative estimate of drug-likeness (QED) is 0.339. The highest BCUT2D eigenvalue weighted by Crippen LogP contribution is 2.19. The second-order valence-corrected chi connectivity index (χ2v) is 7.17. The van der Waals surface area contributed by atoms with Crippen molar-refractivity contribution in [1.29, 1.82) is 0 Å². The molecule has 1 aromatic carbocycles. The van der Waals surface area contributed by atoms with E-state index in [4.69, 9.17) is 4.74 Å². The van der Waals surface area contributed by atoms with Crippen molar-refractivity contribution in [1.82, 2.24) is 15.6 Å². The Morgan fingerprint density at radius 2 is 2.03 bits per heavy atom. The van der Waals surface area contributed by atoms with E-state index in [1.54, 1.807) is 13.1 Å². The zero-order chi connectivity index (χ0) is 20.6. The number of pyridine rings is 1. The zero-order valence-electron chi connectivity index (χ0n) is 17.8. The number of hydrogen-bond donors (Lipinski definition) is 2. The molecule has 1 aliphatic rings. The van der Waals surface area contributed by atoms with Crippen LogP contribution in [0.4, 0.5) is 10.2 Å². The lowest BCUT2D eigenvalue weighted by atomic mass is 10.1. The van der Waals surface area contributed by atoms with Gasteiger partial charge < -0.3 is 20.3 Å². The molecule has 3 rings (SSSR count). The standard InChI is InChI=1S/C22H30FN5O.HI/c1-4-29-20-9-8-17(14-19(20)23)15-25-22(24-3)27-18-10-12-28(13-11-18)21-7-5-6-16(2)26-21;/h5-9,14,18H,4,10-13,15H2,1-3H3,(H2,24,25,27);1H. The van der Waals surface area contributed by atoms with Gasteiger partial charge in [-0.15, -0.1) is 24.0 Å². The van der Waals surface area contributed by atoms with E-state index in [1.165, 1.54) is 6.07 Å². The first-order chi connectivity index (χ1) is 14.1. The van der Waals surface area contributed by atoms with E-state index in [-0.39, 0.29) is 35.5 Å². The SMILES string of the molecule is CCOc1ccc(CNC(=NC)NC2CCN(c3cccc(C)n3)CC2)cc1F.I. The Morgan fingerprint density at radius 3 is 2.67 bits per heavy atom. The van der Waals surface area contributed by atoms with E-state index in [0.717, 1.165) is 49.0 Å². The van der Waals surface area contributed by atoms with Gasteiger partial charge in [0.2, 0.25) is 0 Å². The van der Waals surface area contributed by atoms with Crippen LogP contribution in [0.3, 0.4) is 0 Å². The molecular formula is C22H31FIN5O. The summed E-state index contributed by atoms with van der Waals surface area (Å²) < 4.78 is 19.3. The van der Waals surface area contributed by atoms with Crippen LogP contribution >= 0.6 is 24.0 Å². The lowest BCUT2D eigenvalue weighted by Gasteiger charge is -2.34. The third-order valence-electron chi connectivity index (χ3n) is 5.01. The van der Waals surface area contributed by atoms with Crippen molar-refractivity contribution in [3.05, 3.63) is 53.5 Å². The van der Waals surface area contributed by atoms with E-state index in [1.807, 2.05) is 26.0 Å². The maximum absolute atomic E-state index is 14.0. The largest absolute Gasteiger partial charge is 0.491 e. The van der Waals surface area contributed by atoms with Crippen molar-refractivity contribution >= 4 is 35.8 Å². The van der Waals surface area contributed by atoms with Crippen molar-refractivity contribution in [3.8, 4) is 5.75 Å². The molecule has 1 fully saturated rings. The fraction of sp³-hybridized carbons (Fsp3) is 0.455. The minimum atomic E-state index is -0.341. The summed E-state index contributed by atoms with van der Waals surface area (Å²) in [7, 11) is 1.75. The molecule has 0 aliphatic carbocycles. The number of rotatable bonds is 6. The summed E-state index contributed by atoms with van der Waals surface area (Å²) in [5.74, 6) is 1.72. The van der Waals surface area contributed by atoms with Crippen LogP contribution in [0.25, 0.3) is 0 Å². The molecule has 0 spiro atoms. The van der Waals surface area contributed by atoms with E-state index >= 15 is 0 Å². The molecule has 8 heteroatoms. The third kappa shape index (κ3) is 6.72. The highest BCUT2D eigenvalue weighted by atomic mass is 127. The number of aryl methyl sites for hydroxylation is 1. The molecule has 0 amide bonds. The lowest BCUT2D eigenvalue weighted by Crippen LogP contribution is -2.48. The van der Waals surface area contributed by atoms with Crippen molar-refractivity contribution in [2.24, 2.45) is 4.99 Å². The molecule has 1 saturated heterocycles. The van der Waals surface area contributed by atoms with Crippen LogP contribution in [0.15, 0.2) is 41.4 Å². The highest BCUT2D eigenvalue weighted by Gasteiger charge is 2.21. The molecule has 0 unspecified atom stereocenters. The second-order valence-electron chi connectivity index (χ2n) is 7.17. The summed E-state index contributed by atoms with van der Waals surface area (Å²) in [6, 6.07) is 11.5. The van der Waals surface area contributed by atoms with E-state index in [9.17, 15) is 4.39 Å². The van der Waals surface area contributed by atoms with Crippen LogP contribution in [0.2, 0.25) is 0 Å². The minimum Gasteiger partial charge on any atom is -0.491 e. The number of aromatic nitrogens is 1. The van der Waals surface area contributed by atoms with Gasteiger partial charge in [0.15, 0.2) is 17.5 Å². The van der Waals surface area contributed by atoms with Gasteiger partial charge in [-0.25, -0.2) is 9.37 Å². The number of guanidine groups is 1. The van der Waals surface area contributed by atoms with Gasteiger partial charge in [0.25, 0.3) is 0 Å². The molecule has 2 N–H and O–H groups in total. The summed E-state index contributed by atoms with van der Waals surface area (Å²) in [6.45, 7) is 6.71. The van der Waals surface area contributed by atoms with Crippen LogP contribution in [0.1, 0.15) is 31.0 Å². The van der Waals surface area contributed by atoms with Gasteiger partial charge in [-0.2, -0.15) is 0 Å². The predicted octanol–water partition coefficient (Wildman–Crippen LogP) is 3.88. The first kappa shape index (κ1) is 24.2. The van der Waals surface area contributed by atoms with Gasteiger partial charge in [0.1, 0.15) is 5.82 Å². The van der Waals surface area contributed by atoms with Crippen LogP contribution < -0.4 is 20.3 Å². The lowest BCUT2D eigenvalue weighted by molar-refractivity contribution is 0.321. The number of nitrogens with zero attached hydrogens (tertiary/aromatic N) is 3. The Morgan fingerprint density at radius 1 is 1.27 bits per heavy atom. The Hall–Kier alpha value is -2.10. The van der Waals surface area contributed by atoms with E-state index in [0.29, 0.717) is 19.2 Å². The first-order valence-electron chi connectivity index (χ1n) is 10.2. The summed E-state index contributed by atoms with van der Waals surface area (Å²) >= 11 is 0. The highest BCUT2D eigenvalue weighted by molar-refractivity contribution is 14.0. The van der Waals surface area contributed by atoms with Gasteiger partial charge in [0.05, 0.1) is 6.61 Å². The molecule has 1 aromatic heterocycles. The zero-order valence-corrected chi connectivity index (χ0v) is 20.2. The van der Waals surface area contributed by atoms with Crippen LogP contribution in [-0.4, -0.2) is 43.7 Å². The normalized spacial score (nSPS) is 14.8. The molecule has 1 aliphatic heterocycles. The summed E-state index contributed by atoms with van der Waals surface area (Å²) in [4.78, 5) is 11.2. The first-order valence-corrected chi connectivity index (χ1v) is 10.2. The summed E-state index contributed by atoms with van der Waals surface area (Å²) in [5, 5.41) is 6.75. The van der Waals surface area contributed by atoms with Gasteiger partial charge in [0, 0.05) is 38.4 Å². The van der Waals surface area contributed by atoms with Crippen molar-refractivity contribution in [3.63, 3.8) is 0 Å². The molecule has 2 heterocycles. The number of hydrogen-bond acceptors (Lipinski definition) is 4. The van der Waals surface area contributed by atoms with Crippen LogP contribution in [0.5, 0.6) is 5.75 Å². The molecule has 30 heavy (non-hydrogen) atoms. The Balaban J connectivity index is 0.00000320. The Bertz CT molecular complexity index is 840. The predicted molar refractivity (Wildman–Crippen MR) is 131 cm³/mol. The van der Waals surface area contributed by atoms with Crippen LogP contribution in [0, 0.1) is 12.7 Å². The topological polar surface area (TPSA) is 61.8 Å². The van der Waals surface area contributed by atoms with Crippen LogP contribution in [-0.2, 0) is 6.54 Å². The van der Waals surface area contributed by atoms with Gasteiger partial charge in [-0.1, -0.05) is 12.1 Å². The number of ether oxygens (including phenoxy) is 1. The molecule has 0 radical (unpaired) electrons. The van der Waals surface area contributed by atoms with Gasteiger partial charge >= 0.3 is 0 Å². The fourth-order valence-electron chi connectivity index (χ4n) is 3.46. The Kier molecular flexibility index (Phi) is 9.61. The van der Waals surface area contributed by atoms with Gasteiger partial charge in [-0.05, 0) is 56.5 Å². The molecule has 0 bridgehead atoms. The van der Waals surface area contributed by atoms with Gasteiger partial charge in [-0.3, -0.25) is 4.99 Å². The number of nitrogens with one attached hydrogen (secondary N) is 2. The monoisotopic (exact) mass is 527 g/mol. The van der Waals surface area contributed by atoms with E-state index in [2.05, 4.69) is 37.6 Å². The summed E-state index contributed by atoms with van der Waals surface area (Å²) in [6.07, 6.45) is 2.02. The number of benzene rings is 1. The number of piperidine rings is 1. The van der Waals surface area contributed by atoms with Crippen molar-refractivity contribution < 1.29 is 9.13 Å². The molecular weight excluding hydrogens is 496 g/mol.